The van der Waals surface area contributed by atoms with Gasteiger partial charge in [0.1, 0.15) is 12.4 Å². The van der Waals surface area contributed by atoms with Gasteiger partial charge in [0.05, 0.1) is 5.92 Å². The number of carboxylic acids is 1. The number of carbonyl (C=O) groups is 2. The second-order valence-corrected chi connectivity index (χ2v) is 11.7. The van der Waals surface area contributed by atoms with Crippen LogP contribution in [0.1, 0.15) is 24.0 Å². The maximum atomic E-state index is 15.7. The predicted octanol–water partition coefficient (Wildman–Crippen LogP) is 6.25. The molecule has 1 aliphatic heterocycles. The first kappa shape index (κ1) is 31.2. The Balaban J connectivity index is 1.24. The van der Waals surface area contributed by atoms with Crippen molar-refractivity contribution in [1.29, 1.82) is 0 Å². The summed E-state index contributed by atoms with van der Waals surface area (Å²) in [7, 11) is 1.76. The molecule has 2 N–H and O–H groups in total. The van der Waals surface area contributed by atoms with Crippen LogP contribution < -0.4 is 15.1 Å². The first-order valence-corrected chi connectivity index (χ1v) is 15.0. The molecule has 8 nitrogen and oxygen atoms in total. The quantitative estimate of drug-likeness (QED) is 0.212. The summed E-state index contributed by atoms with van der Waals surface area (Å²) < 4.78 is 15.7. The molecular formula is C33H32Cl2FN5O3. The largest absolute Gasteiger partial charge is 0.480 e. The molecule has 11 heteroatoms. The second-order valence-electron chi connectivity index (χ2n) is 10.9. The first-order chi connectivity index (χ1) is 21.2. The van der Waals surface area contributed by atoms with Gasteiger partial charge < -0.3 is 20.2 Å². The van der Waals surface area contributed by atoms with Crippen LogP contribution in [0.2, 0.25) is 10.0 Å². The van der Waals surface area contributed by atoms with Crippen LogP contribution in [0, 0.1) is 11.7 Å². The Kier molecular flexibility index (Phi) is 9.97. The summed E-state index contributed by atoms with van der Waals surface area (Å²) in [5.74, 6) is -2.32. The third-order valence-electron chi connectivity index (χ3n) is 7.72. The van der Waals surface area contributed by atoms with E-state index in [1.807, 2.05) is 42.5 Å². The van der Waals surface area contributed by atoms with Crippen LogP contribution in [0.4, 0.5) is 16.0 Å². The van der Waals surface area contributed by atoms with E-state index in [1.54, 1.807) is 47.2 Å². The molecule has 1 unspecified atom stereocenters. The Hall–Kier alpha value is -4.21. The lowest BCUT2D eigenvalue weighted by atomic mass is 9.95. The molecule has 3 aromatic carbocycles. The number of amides is 1. The molecule has 1 amide bonds. The van der Waals surface area contributed by atoms with Gasteiger partial charge in [-0.15, -0.1) is 0 Å². The minimum absolute atomic E-state index is 0.0959. The lowest BCUT2D eigenvalue weighted by Gasteiger charge is -2.34. The number of piperidine rings is 1. The molecule has 2 heterocycles. The smallest absolute Gasteiger partial charge is 0.326 e. The normalized spacial score (nSPS) is 15.5. The first-order valence-electron chi connectivity index (χ1n) is 14.3. The SMILES string of the molecule is CN(Cc1ccccc1)c1ncnc(N2CCCC(C(=O)N[C@@H](Cc3ccc(-c4cc(Cl)ccc4Cl)cc3)C(=O)O)C2)c1F. The number of anilines is 2. The van der Waals surface area contributed by atoms with E-state index in [9.17, 15) is 14.7 Å². The number of rotatable bonds is 10. The van der Waals surface area contributed by atoms with Gasteiger partial charge in [0.2, 0.25) is 11.7 Å². The topological polar surface area (TPSA) is 98.7 Å². The molecule has 0 saturated carbocycles. The zero-order chi connectivity index (χ0) is 31.2. The molecule has 5 rings (SSSR count). The number of nitrogens with one attached hydrogen (secondary N) is 1. The van der Waals surface area contributed by atoms with Crippen molar-refractivity contribution in [3.63, 3.8) is 0 Å². The van der Waals surface area contributed by atoms with Crippen LogP contribution in [0.25, 0.3) is 11.1 Å². The molecule has 2 atom stereocenters. The lowest BCUT2D eigenvalue weighted by molar-refractivity contribution is -0.142. The van der Waals surface area contributed by atoms with E-state index < -0.39 is 23.7 Å². The summed E-state index contributed by atoms with van der Waals surface area (Å²) in [5, 5.41) is 13.7. The third kappa shape index (κ3) is 7.46. The van der Waals surface area contributed by atoms with Gasteiger partial charge in [-0.3, -0.25) is 4.79 Å². The van der Waals surface area contributed by atoms with E-state index in [0.29, 0.717) is 36.0 Å². The van der Waals surface area contributed by atoms with E-state index in [2.05, 4.69) is 15.3 Å². The number of aromatic nitrogens is 2. The highest BCUT2D eigenvalue weighted by atomic mass is 35.5. The molecule has 0 bridgehead atoms. The number of hydrogen-bond donors (Lipinski definition) is 2. The van der Waals surface area contributed by atoms with Crippen LogP contribution >= 0.6 is 23.2 Å². The van der Waals surface area contributed by atoms with Crippen molar-refractivity contribution >= 4 is 46.7 Å². The van der Waals surface area contributed by atoms with Crippen molar-refractivity contribution in [2.75, 3.05) is 29.9 Å². The summed E-state index contributed by atoms with van der Waals surface area (Å²) in [4.78, 5) is 37.2. The van der Waals surface area contributed by atoms with Crippen molar-refractivity contribution < 1.29 is 19.1 Å². The molecule has 4 aromatic rings. The van der Waals surface area contributed by atoms with Crippen LogP contribution in [0.3, 0.4) is 0 Å². The number of halogens is 3. The van der Waals surface area contributed by atoms with E-state index in [-0.39, 0.29) is 30.5 Å². The second kappa shape index (κ2) is 14.1. The van der Waals surface area contributed by atoms with Crippen molar-refractivity contribution in [2.45, 2.75) is 31.8 Å². The molecule has 1 saturated heterocycles. The zero-order valence-corrected chi connectivity index (χ0v) is 25.6. The Bertz CT molecular complexity index is 1620. The fourth-order valence-corrected chi connectivity index (χ4v) is 5.82. The fraction of sp³-hybridized carbons (Fsp3) is 0.273. The summed E-state index contributed by atoms with van der Waals surface area (Å²) >= 11 is 12.4. The van der Waals surface area contributed by atoms with E-state index in [1.165, 1.54) is 6.33 Å². The zero-order valence-electron chi connectivity index (χ0n) is 24.1. The van der Waals surface area contributed by atoms with Gasteiger partial charge in [0.15, 0.2) is 11.6 Å². The maximum absolute atomic E-state index is 15.7. The Morgan fingerprint density at radius 2 is 1.82 bits per heavy atom. The number of hydrogen-bond acceptors (Lipinski definition) is 6. The molecular weight excluding hydrogens is 604 g/mol. The van der Waals surface area contributed by atoms with E-state index in [0.717, 1.165) is 22.3 Å². The summed E-state index contributed by atoms with van der Waals surface area (Å²) in [5.41, 5.74) is 3.36. The molecule has 228 valence electrons. The molecule has 0 spiro atoms. The van der Waals surface area contributed by atoms with Gasteiger partial charge in [0.25, 0.3) is 0 Å². The third-order valence-corrected chi connectivity index (χ3v) is 8.28. The average Bonchev–Trinajstić information content (AvgIpc) is 3.03. The van der Waals surface area contributed by atoms with Gasteiger partial charge in [-0.1, -0.05) is 77.8 Å². The van der Waals surface area contributed by atoms with E-state index in [4.69, 9.17) is 23.2 Å². The number of carboxylic acid groups (broad SMARTS) is 1. The number of aliphatic carboxylic acids is 1. The standard InChI is InChI=1S/C33H32Cl2FN5O3/c1-40(18-22-6-3-2-4-7-22)30-29(36)31(38-20-37-30)41-15-5-8-24(19-41)32(42)39-28(33(43)44)16-21-9-11-23(12-10-21)26-17-25(34)13-14-27(26)35/h2-4,6-7,9-14,17,20,24,28H,5,8,15-16,18-19H2,1H3,(H,39,42)(H,43,44)/t24?,28-/m0/s1. The van der Waals surface area contributed by atoms with Gasteiger partial charge in [-0.2, -0.15) is 4.39 Å². The summed E-state index contributed by atoms with van der Waals surface area (Å²) in [6.07, 6.45) is 2.60. The lowest BCUT2D eigenvalue weighted by Crippen LogP contribution is -2.49. The number of benzene rings is 3. The minimum Gasteiger partial charge on any atom is -0.480 e. The minimum atomic E-state index is -1.14. The van der Waals surface area contributed by atoms with Gasteiger partial charge in [0, 0.05) is 48.7 Å². The van der Waals surface area contributed by atoms with Gasteiger partial charge in [-0.05, 0) is 47.7 Å². The van der Waals surface area contributed by atoms with Crippen LogP contribution in [0.15, 0.2) is 79.1 Å². The van der Waals surface area contributed by atoms with Crippen LogP contribution in [0.5, 0.6) is 0 Å². The fourth-order valence-electron chi connectivity index (χ4n) is 5.42. The number of carbonyl (C=O) groups excluding carboxylic acids is 1. The highest BCUT2D eigenvalue weighted by Crippen LogP contribution is 2.31. The van der Waals surface area contributed by atoms with Crippen molar-refractivity contribution in [3.05, 3.63) is 106 Å². The van der Waals surface area contributed by atoms with Gasteiger partial charge >= 0.3 is 5.97 Å². The summed E-state index contributed by atoms with van der Waals surface area (Å²) in [6.45, 7) is 1.20. The molecule has 1 aliphatic rings. The number of nitrogens with zero attached hydrogens (tertiary/aromatic N) is 4. The Morgan fingerprint density at radius 1 is 1.07 bits per heavy atom. The summed E-state index contributed by atoms with van der Waals surface area (Å²) in [6, 6.07) is 21.1. The van der Waals surface area contributed by atoms with Crippen LogP contribution in [-0.4, -0.2) is 53.1 Å². The van der Waals surface area contributed by atoms with Crippen molar-refractivity contribution in [3.8, 4) is 11.1 Å². The van der Waals surface area contributed by atoms with Crippen molar-refractivity contribution in [2.24, 2.45) is 5.92 Å². The Morgan fingerprint density at radius 3 is 2.55 bits per heavy atom. The van der Waals surface area contributed by atoms with Gasteiger partial charge in [-0.25, -0.2) is 14.8 Å². The average molecular weight is 637 g/mol. The highest BCUT2D eigenvalue weighted by molar-refractivity contribution is 6.35. The van der Waals surface area contributed by atoms with E-state index >= 15 is 4.39 Å². The molecule has 44 heavy (non-hydrogen) atoms. The molecule has 0 aliphatic carbocycles. The molecule has 1 fully saturated rings. The predicted molar refractivity (Wildman–Crippen MR) is 171 cm³/mol. The van der Waals surface area contributed by atoms with Crippen molar-refractivity contribution in [1.82, 2.24) is 15.3 Å². The van der Waals surface area contributed by atoms with Crippen LogP contribution in [-0.2, 0) is 22.6 Å². The maximum Gasteiger partial charge on any atom is 0.326 e. The Labute approximate surface area is 265 Å². The molecule has 1 aromatic heterocycles. The highest BCUT2D eigenvalue weighted by Gasteiger charge is 2.31. The monoisotopic (exact) mass is 635 g/mol. The molecule has 0 radical (unpaired) electrons.